The van der Waals surface area contributed by atoms with Crippen molar-refractivity contribution in [1.29, 1.82) is 0 Å². The highest BCUT2D eigenvalue weighted by Crippen LogP contribution is 2.28. The van der Waals surface area contributed by atoms with Crippen LogP contribution in [0, 0.1) is 0 Å². The molecule has 1 heterocycles. The van der Waals surface area contributed by atoms with Gasteiger partial charge in [0.05, 0.1) is 0 Å². The number of benzene rings is 2. The molecule has 3 rings (SSSR count). The van der Waals surface area contributed by atoms with Gasteiger partial charge in [0, 0.05) is 21.8 Å². The molecule has 4 heteroatoms. The molecule has 0 spiro atoms. The van der Waals surface area contributed by atoms with Gasteiger partial charge < -0.3 is 4.57 Å². The Morgan fingerprint density at radius 1 is 1.00 bits per heavy atom. The third kappa shape index (κ3) is 1.55. The van der Waals surface area contributed by atoms with Gasteiger partial charge in [-0.05, 0) is 12.1 Å². The average Bonchev–Trinajstić information content (AvgIpc) is 2.74. The largest absolute Gasteiger partial charge is 0.331 e. The average molecular weight is 240 g/mol. The maximum Gasteiger partial charge on any atom is 0.263 e. The molecule has 0 aliphatic carbocycles. The lowest BCUT2D eigenvalue weighted by Gasteiger charge is -2.05. The summed E-state index contributed by atoms with van der Waals surface area (Å²) in [6, 6.07) is 15.8. The summed E-state index contributed by atoms with van der Waals surface area (Å²) in [5.41, 5.74) is 3.65. The zero-order valence-electron chi connectivity index (χ0n) is 9.63. The molecule has 0 saturated carbocycles. The molecule has 4 nitrogen and oxygen atoms in total. The number of hydroxylamine groups is 1. The van der Waals surface area contributed by atoms with Crippen LogP contribution in [0.1, 0.15) is 0 Å². The molecule has 3 aromatic rings. The molecule has 0 radical (unpaired) electrons. The van der Waals surface area contributed by atoms with Crippen LogP contribution in [-0.4, -0.2) is 15.7 Å². The normalized spacial score (nSPS) is 10.9. The maximum absolute atomic E-state index is 11.4. The molecular formula is C14H12N2O2. The zero-order valence-corrected chi connectivity index (χ0v) is 9.63. The van der Waals surface area contributed by atoms with Crippen LogP contribution >= 0.6 is 0 Å². The molecule has 90 valence electrons. The van der Waals surface area contributed by atoms with Crippen molar-refractivity contribution in [2.45, 2.75) is 6.54 Å². The summed E-state index contributed by atoms with van der Waals surface area (Å²) in [6.45, 7) is 0.102. The Morgan fingerprint density at radius 2 is 1.50 bits per heavy atom. The van der Waals surface area contributed by atoms with Crippen LogP contribution < -0.4 is 5.48 Å². The third-order valence-corrected chi connectivity index (χ3v) is 3.11. The highest BCUT2D eigenvalue weighted by atomic mass is 16.5. The van der Waals surface area contributed by atoms with E-state index >= 15 is 0 Å². The van der Waals surface area contributed by atoms with E-state index in [-0.39, 0.29) is 6.54 Å². The number of nitrogens with one attached hydrogen (secondary N) is 1. The number of para-hydroxylation sites is 2. The van der Waals surface area contributed by atoms with E-state index in [1.165, 1.54) is 0 Å². The summed E-state index contributed by atoms with van der Waals surface area (Å²) in [4.78, 5) is 11.4. The molecule has 0 bridgehead atoms. The lowest BCUT2D eigenvalue weighted by atomic mass is 10.2. The molecule has 0 fully saturated rings. The Balaban J connectivity index is 2.34. The molecule has 18 heavy (non-hydrogen) atoms. The van der Waals surface area contributed by atoms with Crippen LogP contribution in [0.3, 0.4) is 0 Å². The number of hydrogen-bond acceptors (Lipinski definition) is 2. The predicted molar refractivity (Wildman–Crippen MR) is 69.4 cm³/mol. The second-order valence-corrected chi connectivity index (χ2v) is 4.16. The molecule has 2 N–H and O–H groups in total. The minimum atomic E-state index is -0.429. The summed E-state index contributed by atoms with van der Waals surface area (Å²) in [7, 11) is 0. The molecule has 1 aromatic heterocycles. The maximum atomic E-state index is 11.4. The fraction of sp³-hybridized carbons (Fsp3) is 0.0714. The molecule has 0 saturated heterocycles. The van der Waals surface area contributed by atoms with Crippen molar-refractivity contribution < 1.29 is 10.0 Å². The summed E-state index contributed by atoms with van der Waals surface area (Å²) < 4.78 is 1.90. The quantitative estimate of drug-likeness (QED) is 0.533. The van der Waals surface area contributed by atoms with E-state index < -0.39 is 5.91 Å². The molecule has 2 aromatic carbocycles. The smallest absolute Gasteiger partial charge is 0.263 e. The minimum absolute atomic E-state index is 0.102. The number of hydrogen-bond donors (Lipinski definition) is 2. The van der Waals surface area contributed by atoms with E-state index in [4.69, 9.17) is 5.21 Å². The van der Waals surface area contributed by atoms with Gasteiger partial charge >= 0.3 is 0 Å². The highest BCUT2D eigenvalue weighted by Gasteiger charge is 2.11. The van der Waals surface area contributed by atoms with E-state index in [0.29, 0.717) is 0 Å². The third-order valence-electron chi connectivity index (χ3n) is 3.11. The Labute approximate surface area is 103 Å². The predicted octanol–water partition coefficient (Wildman–Crippen LogP) is 2.30. The number of carbonyl (C=O) groups is 1. The van der Waals surface area contributed by atoms with Gasteiger partial charge in [-0.1, -0.05) is 36.4 Å². The number of carbonyl (C=O) groups excluding carboxylic acids is 1. The van der Waals surface area contributed by atoms with Crippen LogP contribution in [-0.2, 0) is 11.3 Å². The van der Waals surface area contributed by atoms with Crippen molar-refractivity contribution in [2.75, 3.05) is 0 Å². The van der Waals surface area contributed by atoms with Crippen molar-refractivity contribution in [2.24, 2.45) is 0 Å². The zero-order chi connectivity index (χ0) is 12.5. The molecular weight excluding hydrogens is 228 g/mol. The standard InChI is InChI=1S/C14H12N2O2/c17-14(15-18)9-16-12-7-3-1-5-10(12)11-6-2-4-8-13(11)16/h1-8,18H,9H2,(H,15,17). The summed E-state index contributed by atoms with van der Waals surface area (Å²) in [5, 5.41) is 10.9. The van der Waals surface area contributed by atoms with Crippen LogP contribution in [0.25, 0.3) is 21.8 Å². The van der Waals surface area contributed by atoms with Gasteiger partial charge in [0.15, 0.2) is 0 Å². The molecule has 0 atom stereocenters. The van der Waals surface area contributed by atoms with Crippen molar-refractivity contribution in [3.8, 4) is 0 Å². The molecule has 0 unspecified atom stereocenters. The summed E-state index contributed by atoms with van der Waals surface area (Å²) in [6.07, 6.45) is 0. The van der Waals surface area contributed by atoms with Crippen molar-refractivity contribution in [1.82, 2.24) is 10.0 Å². The first-order chi connectivity index (χ1) is 8.81. The molecule has 0 aliphatic rings. The number of amides is 1. The van der Waals surface area contributed by atoms with Crippen LogP contribution in [0.5, 0.6) is 0 Å². The number of rotatable bonds is 2. The second-order valence-electron chi connectivity index (χ2n) is 4.16. The SMILES string of the molecule is O=C(Cn1c2ccccc2c2ccccc21)NO. The Morgan fingerprint density at radius 3 is 2.00 bits per heavy atom. The van der Waals surface area contributed by atoms with Crippen molar-refractivity contribution in [3.05, 3.63) is 48.5 Å². The number of fused-ring (bicyclic) bond motifs is 3. The van der Waals surface area contributed by atoms with Crippen molar-refractivity contribution in [3.63, 3.8) is 0 Å². The van der Waals surface area contributed by atoms with Crippen LogP contribution in [0.15, 0.2) is 48.5 Å². The van der Waals surface area contributed by atoms with Crippen molar-refractivity contribution >= 4 is 27.7 Å². The van der Waals surface area contributed by atoms with E-state index in [1.807, 2.05) is 53.1 Å². The van der Waals surface area contributed by atoms with Gasteiger partial charge in [-0.15, -0.1) is 0 Å². The first kappa shape index (κ1) is 10.8. The van der Waals surface area contributed by atoms with E-state index in [0.717, 1.165) is 21.8 Å². The highest BCUT2D eigenvalue weighted by molar-refractivity contribution is 6.08. The number of nitrogens with zero attached hydrogens (tertiary/aromatic N) is 1. The minimum Gasteiger partial charge on any atom is -0.331 e. The molecule has 1 amide bonds. The van der Waals surface area contributed by atoms with E-state index in [1.54, 1.807) is 5.48 Å². The number of aromatic nitrogens is 1. The lowest BCUT2D eigenvalue weighted by molar-refractivity contribution is -0.129. The van der Waals surface area contributed by atoms with Gasteiger partial charge in [-0.3, -0.25) is 10.0 Å². The Kier molecular flexibility index (Phi) is 2.50. The molecule has 0 aliphatic heterocycles. The first-order valence-electron chi connectivity index (χ1n) is 5.70. The summed E-state index contributed by atoms with van der Waals surface area (Å²) in [5.74, 6) is -0.429. The lowest BCUT2D eigenvalue weighted by Crippen LogP contribution is -2.23. The van der Waals surface area contributed by atoms with Gasteiger partial charge in [0.25, 0.3) is 5.91 Å². The summed E-state index contributed by atoms with van der Waals surface area (Å²) >= 11 is 0. The van der Waals surface area contributed by atoms with Gasteiger partial charge in [-0.25, -0.2) is 5.48 Å². The second kappa shape index (κ2) is 4.16. The monoisotopic (exact) mass is 240 g/mol. The van der Waals surface area contributed by atoms with Crippen LogP contribution in [0.2, 0.25) is 0 Å². The van der Waals surface area contributed by atoms with Gasteiger partial charge in [0.2, 0.25) is 0 Å². The van der Waals surface area contributed by atoms with Gasteiger partial charge in [0.1, 0.15) is 6.54 Å². The Bertz CT molecular complexity index is 678. The topological polar surface area (TPSA) is 54.3 Å². The van der Waals surface area contributed by atoms with Gasteiger partial charge in [-0.2, -0.15) is 0 Å². The van der Waals surface area contributed by atoms with Crippen LogP contribution in [0.4, 0.5) is 0 Å². The fourth-order valence-corrected chi connectivity index (χ4v) is 2.35. The Hall–Kier alpha value is -2.33. The first-order valence-corrected chi connectivity index (χ1v) is 5.70. The van der Waals surface area contributed by atoms with E-state index in [9.17, 15) is 4.79 Å². The van der Waals surface area contributed by atoms with E-state index in [2.05, 4.69) is 0 Å². The fourth-order valence-electron chi connectivity index (χ4n) is 2.35.